The summed E-state index contributed by atoms with van der Waals surface area (Å²) in [6.07, 6.45) is 2.52. The van der Waals surface area contributed by atoms with E-state index in [1.807, 2.05) is 13.8 Å². The third-order valence-corrected chi connectivity index (χ3v) is 3.57. The van der Waals surface area contributed by atoms with Crippen LogP contribution in [-0.4, -0.2) is 30.5 Å². The minimum Gasteiger partial charge on any atom is -0.497 e. The number of methoxy groups -OCH3 is 1. The van der Waals surface area contributed by atoms with Crippen LogP contribution < -0.4 is 4.74 Å². The van der Waals surface area contributed by atoms with E-state index in [1.165, 1.54) is 0 Å². The van der Waals surface area contributed by atoms with Crippen LogP contribution in [0.25, 0.3) is 0 Å². The number of carbonyl (C=O) groups excluding carboxylic acids is 2. The highest BCUT2D eigenvalue weighted by atomic mass is 16.5. The molecule has 0 N–H and O–H groups in total. The summed E-state index contributed by atoms with van der Waals surface area (Å²) in [6, 6.07) is 3.50. The van der Waals surface area contributed by atoms with Crippen LogP contribution in [0.3, 0.4) is 0 Å². The average Bonchev–Trinajstić information content (AvgIpc) is 2.46. The van der Waals surface area contributed by atoms with Gasteiger partial charge < -0.3 is 9.47 Å². The Balaban J connectivity index is 2.61. The molecule has 1 unspecified atom stereocenters. The van der Waals surface area contributed by atoms with Gasteiger partial charge in [0, 0.05) is 31.5 Å². The number of esters is 1. The van der Waals surface area contributed by atoms with E-state index in [0.29, 0.717) is 24.5 Å². The molecule has 1 rings (SSSR count). The summed E-state index contributed by atoms with van der Waals surface area (Å²) in [5.41, 5.74) is 0.683. The molecule has 1 heterocycles. The molecule has 1 aromatic rings. The minimum atomic E-state index is -0.242. The quantitative estimate of drug-likeness (QED) is 0.656. The molecule has 0 aromatic carbocycles. The zero-order valence-electron chi connectivity index (χ0n) is 13.8. The van der Waals surface area contributed by atoms with Crippen LogP contribution in [0.1, 0.15) is 39.3 Å². The zero-order chi connectivity index (χ0) is 16.5. The first-order valence-corrected chi connectivity index (χ1v) is 7.62. The van der Waals surface area contributed by atoms with Gasteiger partial charge >= 0.3 is 5.97 Å². The third kappa shape index (κ3) is 6.24. The van der Waals surface area contributed by atoms with Gasteiger partial charge in [-0.05, 0) is 24.8 Å². The number of Topliss-reactive ketones (excluding diaryl/α,β-unsaturated/α-hetero) is 1. The molecule has 0 saturated heterocycles. The Labute approximate surface area is 132 Å². The molecule has 0 spiro atoms. The lowest BCUT2D eigenvalue weighted by molar-refractivity contribution is -0.144. The van der Waals surface area contributed by atoms with Gasteiger partial charge in [-0.2, -0.15) is 0 Å². The lowest BCUT2D eigenvalue weighted by Crippen LogP contribution is -2.20. The number of hydrogen-bond acceptors (Lipinski definition) is 5. The first-order chi connectivity index (χ1) is 10.5. The number of hydrogen-bond donors (Lipinski definition) is 0. The molecule has 0 fully saturated rings. The molecule has 1 aromatic heterocycles. The van der Waals surface area contributed by atoms with E-state index in [2.05, 4.69) is 4.98 Å². The van der Waals surface area contributed by atoms with Gasteiger partial charge in [-0.25, -0.2) is 0 Å². The molecule has 122 valence electrons. The number of pyridine rings is 1. The molecule has 0 aliphatic heterocycles. The topological polar surface area (TPSA) is 65.5 Å². The van der Waals surface area contributed by atoms with Gasteiger partial charge in [-0.1, -0.05) is 13.8 Å². The van der Waals surface area contributed by atoms with E-state index in [-0.39, 0.29) is 36.4 Å². The highest BCUT2D eigenvalue weighted by Gasteiger charge is 2.22. The van der Waals surface area contributed by atoms with E-state index in [0.717, 1.165) is 0 Å². The number of carbonyl (C=O) groups is 2. The molecule has 0 aliphatic carbocycles. The van der Waals surface area contributed by atoms with Gasteiger partial charge in [0.2, 0.25) is 0 Å². The normalized spacial score (nSPS) is 12.0. The van der Waals surface area contributed by atoms with E-state index in [1.54, 1.807) is 32.4 Å². The number of aromatic nitrogens is 1. The molecule has 1 atom stereocenters. The molecule has 0 radical (unpaired) electrons. The average molecular weight is 307 g/mol. The monoisotopic (exact) mass is 307 g/mol. The van der Waals surface area contributed by atoms with Crippen LogP contribution in [0.2, 0.25) is 0 Å². The lowest BCUT2D eigenvalue weighted by atomic mass is 9.87. The van der Waals surface area contributed by atoms with Crippen molar-refractivity contribution in [3.63, 3.8) is 0 Å². The third-order valence-electron chi connectivity index (χ3n) is 3.57. The van der Waals surface area contributed by atoms with Crippen molar-refractivity contribution in [1.29, 1.82) is 0 Å². The van der Waals surface area contributed by atoms with Crippen molar-refractivity contribution in [3.8, 4) is 5.75 Å². The number of ether oxygens (including phenoxy) is 2. The van der Waals surface area contributed by atoms with E-state index >= 15 is 0 Å². The highest BCUT2D eigenvalue weighted by Crippen LogP contribution is 2.21. The van der Waals surface area contributed by atoms with Crippen LogP contribution in [0, 0.1) is 11.8 Å². The van der Waals surface area contributed by atoms with Crippen molar-refractivity contribution >= 4 is 11.8 Å². The van der Waals surface area contributed by atoms with E-state index < -0.39 is 0 Å². The van der Waals surface area contributed by atoms with Gasteiger partial charge in [0.15, 0.2) is 0 Å². The predicted octanol–water partition coefficient (Wildman–Crippen LogP) is 2.82. The smallest absolute Gasteiger partial charge is 0.306 e. The summed E-state index contributed by atoms with van der Waals surface area (Å²) in [5.74, 6) is 0.755. The van der Waals surface area contributed by atoms with Crippen molar-refractivity contribution in [2.75, 3.05) is 13.7 Å². The van der Waals surface area contributed by atoms with E-state index in [9.17, 15) is 9.59 Å². The summed E-state index contributed by atoms with van der Waals surface area (Å²) in [4.78, 5) is 28.0. The molecule has 0 amide bonds. The van der Waals surface area contributed by atoms with Crippen molar-refractivity contribution < 1.29 is 19.1 Å². The fourth-order valence-corrected chi connectivity index (χ4v) is 2.22. The predicted molar refractivity (Wildman–Crippen MR) is 83.7 cm³/mol. The molecule has 5 nitrogen and oxygen atoms in total. The minimum absolute atomic E-state index is 0.00263. The Hall–Kier alpha value is -1.91. The maximum atomic E-state index is 12.2. The van der Waals surface area contributed by atoms with Crippen molar-refractivity contribution in [2.45, 2.75) is 40.0 Å². The highest BCUT2D eigenvalue weighted by molar-refractivity contribution is 5.81. The first kappa shape index (κ1) is 18.1. The van der Waals surface area contributed by atoms with Crippen LogP contribution in [0.5, 0.6) is 5.75 Å². The fraction of sp³-hybridized carbons (Fsp3) is 0.588. The largest absolute Gasteiger partial charge is 0.497 e. The van der Waals surface area contributed by atoms with Gasteiger partial charge in [0.1, 0.15) is 11.5 Å². The SMILES string of the molecule is CCOC(=O)CC(CC(=O)Cc1cc(OC)ccn1)C(C)C. The molecule has 5 heteroatoms. The summed E-state index contributed by atoms with van der Waals surface area (Å²) in [6.45, 7) is 6.18. The Bertz CT molecular complexity index is 499. The van der Waals surface area contributed by atoms with Gasteiger partial charge in [0.25, 0.3) is 0 Å². The first-order valence-electron chi connectivity index (χ1n) is 7.62. The van der Waals surface area contributed by atoms with Gasteiger partial charge in [-0.3, -0.25) is 14.6 Å². The number of rotatable bonds is 9. The number of ketones is 1. The lowest BCUT2D eigenvalue weighted by Gasteiger charge is -2.19. The molecule has 0 aliphatic rings. The van der Waals surface area contributed by atoms with Crippen molar-refractivity contribution in [3.05, 3.63) is 24.0 Å². The van der Waals surface area contributed by atoms with Crippen LogP contribution in [0.15, 0.2) is 18.3 Å². The molecule has 0 saturated carbocycles. The second-order valence-corrected chi connectivity index (χ2v) is 5.62. The van der Waals surface area contributed by atoms with Gasteiger partial charge in [-0.15, -0.1) is 0 Å². The maximum absolute atomic E-state index is 12.2. The van der Waals surface area contributed by atoms with Crippen molar-refractivity contribution in [1.82, 2.24) is 4.98 Å². The van der Waals surface area contributed by atoms with Crippen LogP contribution >= 0.6 is 0 Å². The molecular weight excluding hydrogens is 282 g/mol. The molecule has 0 bridgehead atoms. The second-order valence-electron chi connectivity index (χ2n) is 5.62. The van der Waals surface area contributed by atoms with Gasteiger partial charge in [0.05, 0.1) is 19.4 Å². The summed E-state index contributed by atoms with van der Waals surface area (Å²) >= 11 is 0. The standard InChI is InChI=1S/C17H25NO4/c1-5-22-17(20)9-13(12(2)3)8-15(19)10-14-11-16(21-4)6-7-18-14/h6-7,11-13H,5,8-10H2,1-4H3. The zero-order valence-corrected chi connectivity index (χ0v) is 13.8. The van der Waals surface area contributed by atoms with E-state index in [4.69, 9.17) is 9.47 Å². The van der Waals surface area contributed by atoms with Crippen molar-refractivity contribution in [2.24, 2.45) is 11.8 Å². The fourth-order valence-electron chi connectivity index (χ4n) is 2.22. The Morgan fingerprint density at radius 2 is 2.00 bits per heavy atom. The number of nitrogens with zero attached hydrogens (tertiary/aromatic N) is 1. The molecular formula is C17H25NO4. The second kappa shape index (κ2) is 9.18. The Morgan fingerprint density at radius 1 is 1.27 bits per heavy atom. The summed E-state index contributed by atoms with van der Waals surface area (Å²) in [5, 5.41) is 0. The van der Waals surface area contributed by atoms with Crippen LogP contribution in [0.4, 0.5) is 0 Å². The van der Waals surface area contributed by atoms with Crippen LogP contribution in [-0.2, 0) is 20.7 Å². The maximum Gasteiger partial charge on any atom is 0.306 e. The molecule has 22 heavy (non-hydrogen) atoms. The Morgan fingerprint density at radius 3 is 2.59 bits per heavy atom. The Kier molecular flexibility index (Phi) is 7.57. The summed E-state index contributed by atoms with van der Waals surface area (Å²) in [7, 11) is 1.58. The summed E-state index contributed by atoms with van der Waals surface area (Å²) < 4.78 is 10.1.